The molecule has 2 aliphatic rings. The van der Waals surface area contributed by atoms with Crippen LogP contribution in [0.3, 0.4) is 0 Å². The van der Waals surface area contributed by atoms with Crippen molar-refractivity contribution in [1.82, 2.24) is 4.90 Å². The molecule has 0 saturated carbocycles. The SMILES string of the molecule is O=C(O)N1C=C2Sc3ccccc3C2CC1. The first-order valence-corrected chi connectivity index (χ1v) is 6.05. The van der Waals surface area contributed by atoms with Crippen LogP contribution >= 0.6 is 11.8 Å². The number of benzene rings is 1. The molecule has 0 fully saturated rings. The molecule has 3 rings (SSSR count). The molecule has 0 radical (unpaired) electrons. The van der Waals surface area contributed by atoms with E-state index in [0.29, 0.717) is 12.5 Å². The highest BCUT2D eigenvalue weighted by Gasteiger charge is 2.32. The van der Waals surface area contributed by atoms with Crippen LogP contribution in [0.15, 0.2) is 40.3 Å². The molecule has 0 aliphatic carbocycles. The van der Waals surface area contributed by atoms with Crippen molar-refractivity contribution in [2.75, 3.05) is 6.54 Å². The van der Waals surface area contributed by atoms with Crippen molar-refractivity contribution < 1.29 is 9.90 Å². The molecule has 1 amide bonds. The zero-order chi connectivity index (χ0) is 11.1. The van der Waals surface area contributed by atoms with Crippen molar-refractivity contribution in [3.63, 3.8) is 0 Å². The number of amides is 1. The Morgan fingerprint density at radius 2 is 2.25 bits per heavy atom. The predicted molar refractivity (Wildman–Crippen MR) is 62.5 cm³/mol. The highest BCUT2D eigenvalue weighted by molar-refractivity contribution is 8.03. The third-order valence-corrected chi connectivity index (χ3v) is 4.27. The van der Waals surface area contributed by atoms with Gasteiger partial charge in [-0.25, -0.2) is 4.79 Å². The molecule has 16 heavy (non-hydrogen) atoms. The van der Waals surface area contributed by atoms with E-state index in [1.807, 2.05) is 12.1 Å². The summed E-state index contributed by atoms with van der Waals surface area (Å²) in [6.07, 6.45) is 1.81. The maximum absolute atomic E-state index is 10.9. The standard InChI is InChI=1S/C12H11NO2S/c14-12(15)13-6-5-9-8-3-1-2-4-10(8)16-11(9)7-13/h1-4,7,9H,5-6H2,(H,14,15). The minimum absolute atomic E-state index is 0.414. The topological polar surface area (TPSA) is 40.5 Å². The molecule has 2 heterocycles. The van der Waals surface area contributed by atoms with E-state index in [2.05, 4.69) is 12.1 Å². The Balaban J connectivity index is 1.98. The van der Waals surface area contributed by atoms with Crippen molar-refractivity contribution in [3.8, 4) is 0 Å². The molecule has 2 aliphatic heterocycles. The molecule has 0 spiro atoms. The quantitative estimate of drug-likeness (QED) is 0.748. The molecule has 1 N–H and O–H groups in total. The van der Waals surface area contributed by atoms with Crippen molar-refractivity contribution in [1.29, 1.82) is 0 Å². The van der Waals surface area contributed by atoms with Crippen LogP contribution in [0.1, 0.15) is 17.9 Å². The summed E-state index contributed by atoms with van der Waals surface area (Å²) in [6, 6.07) is 8.32. The van der Waals surface area contributed by atoms with Gasteiger partial charge >= 0.3 is 6.09 Å². The normalized spacial score (nSPS) is 22.4. The Kier molecular flexibility index (Phi) is 2.17. The van der Waals surface area contributed by atoms with E-state index in [0.717, 1.165) is 11.3 Å². The molecule has 0 bridgehead atoms. The number of carbonyl (C=O) groups is 1. The fourth-order valence-electron chi connectivity index (χ4n) is 2.26. The summed E-state index contributed by atoms with van der Waals surface area (Å²) in [5.74, 6) is 0.414. The smallest absolute Gasteiger partial charge is 0.411 e. The predicted octanol–water partition coefficient (Wildman–Crippen LogP) is 3.10. The molecule has 1 aromatic carbocycles. The van der Waals surface area contributed by atoms with Crippen LogP contribution < -0.4 is 0 Å². The number of fused-ring (bicyclic) bond motifs is 3. The summed E-state index contributed by atoms with van der Waals surface area (Å²) < 4.78 is 0. The Labute approximate surface area is 97.8 Å². The molecule has 0 saturated heterocycles. The van der Waals surface area contributed by atoms with E-state index < -0.39 is 6.09 Å². The lowest BCUT2D eigenvalue weighted by Gasteiger charge is -2.25. The molecule has 4 heteroatoms. The van der Waals surface area contributed by atoms with Crippen LogP contribution in [0.5, 0.6) is 0 Å². The lowest BCUT2D eigenvalue weighted by atomic mass is 9.94. The highest BCUT2D eigenvalue weighted by Crippen LogP contribution is 2.51. The van der Waals surface area contributed by atoms with Crippen molar-refractivity contribution in [2.45, 2.75) is 17.2 Å². The van der Waals surface area contributed by atoms with Gasteiger partial charge in [-0.15, -0.1) is 0 Å². The van der Waals surface area contributed by atoms with Crippen molar-refractivity contribution >= 4 is 17.9 Å². The number of nitrogens with zero attached hydrogens (tertiary/aromatic N) is 1. The van der Waals surface area contributed by atoms with Crippen LogP contribution in [0.25, 0.3) is 0 Å². The molecule has 1 unspecified atom stereocenters. The highest BCUT2D eigenvalue weighted by atomic mass is 32.2. The molecule has 0 aromatic heterocycles. The second-order valence-corrected chi connectivity index (χ2v) is 5.10. The van der Waals surface area contributed by atoms with Gasteiger partial charge in [-0.3, -0.25) is 4.90 Å². The lowest BCUT2D eigenvalue weighted by molar-refractivity contribution is 0.160. The van der Waals surface area contributed by atoms with E-state index in [9.17, 15) is 4.79 Å². The zero-order valence-corrected chi connectivity index (χ0v) is 9.41. The Morgan fingerprint density at radius 1 is 1.44 bits per heavy atom. The third-order valence-electron chi connectivity index (χ3n) is 3.05. The largest absolute Gasteiger partial charge is 0.465 e. The van der Waals surface area contributed by atoms with Gasteiger partial charge in [-0.05, 0) is 18.1 Å². The first-order chi connectivity index (χ1) is 7.75. The number of thioether (sulfide) groups is 1. The number of allylic oxidation sites excluding steroid dienone is 1. The van der Waals surface area contributed by atoms with Crippen LogP contribution in [0, 0.1) is 0 Å². The van der Waals surface area contributed by atoms with Gasteiger partial charge in [0.15, 0.2) is 0 Å². The summed E-state index contributed by atoms with van der Waals surface area (Å²) in [4.78, 5) is 14.7. The second-order valence-electron chi connectivity index (χ2n) is 3.99. The molecular weight excluding hydrogens is 222 g/mol. The monoisotopic (exact) mass is 233 g/mol. The fraction of sp³-hybridized carbons (Fsp3) is 0.250. The minimum Gasteiger partial charge on any atom is -0.465 e. The van der Waals surface area contributed by atoms with E-state index >= 15 is 0 Å². The summed E-state index contributed by atoms with van der Waals surface area (Å²) in [5, 5.41) is 8.95. The van der Waals surface area contributed by atoms with Gasteiger partial charge in [-0.1, -0.05) is 30.0 Å². The molecular formula is C12H11NO2S. The minimum atomic E-state index is -0.859. The van der Waals surface area contributed by atoms with E-state index in [4.69, 9.17) is 5.11 Å². The lowest BCUT2D eigenvalue weighted by Crippen LogP contribution is -2.29. The first-order valence-electron chi connectivity index (χ1n) is 5.24. The Morgan fingerprint density at radius 3 is 3.06 bits per heavy atom. The molecule has 1 aromatic rings. The van der Waals surface area contributed by atoms with Gasteiger partial charge in [0.1, 0.15) is 0 Å². The third kappa shape index (κ3) is 1.41. The maximum atomic E-state index is 10.9. The average molecular weight is 233 g/mol. The van der Waals surface area contributed by atoms with Crippen LogP contribution in [-0.4, -0.2) is 22.6 Å². The summed E-state index contributed by atoms with van der Waals surface area (Å²) in [6.45, 7) is 0.596. The van der Waals surface area contributed by atoms with Gasteiger partial charge < -0.3 is 5.11 Å². The van der Waals surface area contributed by atoms with E-state index in [1.54, 1.807) is 18.0 Å². The summed E-state index contributed by atoms with van der Waals surface area (Å²) in [7, 11) is 0. The summed E-state index contributed by atoms with van der Waals surface area (Å²) >= 11 is 1.70. The molecule has 3 nitrogen and oxygen atoms in total. The van der Waals surface area contributed by atoms with Crippen molar-refractivity contribution in [3.05, 3.63) is 40.9 Å². The summed E-state index contributed by atoms with van der Waals surface area (Å²) in [5.41, 5.74) is 1.35. The fourth-order valence-corrected chi connectivity index (χ4v) is 3.56. The number of hydrogen-bond acceptors (Lipinski definition) is 2. The molecule has 1 atom stereocenters. The zero-order valence-electron chi connectivity index (χ0n) is 8.59. The van der Waals surface area contributed by atoms with Gasteiger partial charge in [0.05, 0.1) is 0 Å². The Hall–Kier alpha value is -1.42. The first kappa shape index (κ1) is 9.78. The number of hydrogen-bond donors (Lipinski definition) is 1. The second kappa shape index (κ2) is 3.56. The van der Waals surface area contributed by atoms with Crippen LogP contribution in [0.2, 0.25) is 0 Å². The number of carboxylic acid groups (broad SMARTS) is 1. The van der Waals surface area contributed by atoms with Crippen LogP contribution in [0.4, 0.5) is 4.79 Å². The maximum Gasteiger partial charge on any atom is 0.411 e. The Bertz CT molecular complexity index is 484. The van der Waals surface area contributed by atoms with E-state index in [1.165, 1.54) is 15.4 Å². The van der Waals surface area contributed by atoms with Gasteiger partial charge in [0.2, 0.25) is 0 Å². The number of rotatable bonds is 0. The molecule has 82 valence electrons. The van der Waals surface area contributed by atoms with Gasteiger partial charge in [-0.2, -0.15) is 0 Å². The van der Waals surface area contributed by atoms with Gasteiger partial charge in [0.25, 0.3) is 0 Å². The van der Waals surface area contributed by atoms with Crippen LogP contribution in [-0.2, 0) is 0 Å². The van der Waals surface area contributed by atoms with Crippen molar-refractivity contribution in [2.24, 2.45) is 0 Å². The van der Waals surface area contributed by atoms with Gasteiger partial charge in [0, 0.05) is 28.5 Å². The van der Waals surface area contributed by atoms with E-state index in [-0.39, 0.29) is 0 Å². The average Bonchev–Trinajstić information content (AvgIpc) is 2.66.